The van der Waals surface area contributed by atoms with Crippen molar-refractivity contribution < 1.29 is 14.3 Å². The maximum Gasteiger partial charge on any atom is 0.254 e. The average molecular weight is 352 g/mol. The molecule has 1 fully saturated rings. The number of nitrogens with zero attached hydrogens (tertiary/aromatic N) is 1. The molecule has 26 heavy (non-hydrogen) atoms. The van der Waals surface area contributed by atoms with Crippen molar-refractivity contribution in [3.05, 3.63) is 72.3 Å². The van der Waals surface area contributed by atoms with Gasteiger partial charge in [-0.2, -0.15) is 0 Å². The fraction of sp³-hybridized carbons (Fsp3) is 0.286. The zero-order valence-electron chi connectivity index (χ0n) is 14.9. The van der Waals surface area contributed by atoms with Gasteiger partial charge >= 0.3 is 0 Å². The van der Waals surface area contributed by atoms with Crippen LogP contribution < -0.4 is 15.2 Å². The van der Waals surface area contributed by atoms with E-state index in [4.69, 9.17) is 15.2 Å². The number of hydrogen-bond acceptors (Lipinski definition) is 4. The van der Waals surface area contributed by atoms with Crippen LogP contribution in [0.1, 0.15) is 21.8 Å². The molecule has 1 amide bonds. The van der Waals surface area contributed by atoms with E-state index in [0.717, 1.165) is 0 Å². The molecule has 2 aromatic rings. The quantitative estimate of drug-likeness (QED) is 0.812. The van der Waals surface area contributed by atoms with Gasteiger partial charge in [-0.15, -0.1) is 0 Å². The molecule has 1 heterocycles. The first-order valence-corrected chi connectivity index (χ1v) is 8.65. The minimum atomic E-state index is -0.0709. The van der Waals surface area contributed by atoms with Crippen LogP contribution >= 0.6 is 0 Å². The Kier molecular flexibility index (Phi) is 5.58. The summed E-state index contributed by atoms with van der Waals surface area (Å²) in [6.07, 6.45) is 1.66. The summed E-state index contributed by atoms with van der Waals surface area (Å²) in [6, 6.07) is 15.3. The standard InChI is InChI=1S/C21H24N2O3/c1-3-11-26-19-10-9-16(12-20(19)25-2)21(24)23-13-17(18(22)14-23)15-7-5-4-6-8-15/h3-10,12,17-18H,1,11,13-14,22H2,2H3/t17-,18+/m0/s1. The second kappa shape index (κ2) is 8.06. The smallest absolute Gasteiger partial charge is 0.254 e. The molecule has 0 aromatic heterocycles. The fourth-order valence-corrected chi connectivity index (χ4v) is 3.30. The maximum atomic E-state index is 12.9. The van der Waals surface area contributed by atoms with Gasteiger partial charge in [0.1, 0.15) is 6.61 Å². The molecule has 1 aliphatic heterocycles. The second-order valence-corrected chi connectivity index (χ2v) is 6.36. The summed E-state index contributed by atoms with van der Waals surface area (Å²) in [5.41, 5.74) is 8.04. The molecule has 2 N–H and O–H groups in total. The van der Waals surface area contributed by atoms with E-state index in [1.807, 2.05) is 18.2 Å². The number of carbonyl (C=O) groups excluding carboxylic acids is 1. The molecule has 2 aromatic carbocycles. The molecule has 1 saturated heterocycles. The molecule has 0 radical (unpaired) electrons. The summed E-state index contributed by atoms with van der Waals surface area (Å²) >= 11 is 0. The maximum absolute atomic E-state index is 12.9. The highest BCUT2D eigenvalue weighted by Crippen LogP contribution is 2.31. The highest BCUT2D eigenvalue weighted by atomic mass is 16.5. The second-order valence-electron chi connectivity index (χ2n) is 6.36. The van der Waals surface area contributed by atoms with Crippen LogP contribution in [0.4, 0.5) is 0 Å². The van der Waals surface area contributed by atoms with Crippen molar-refractivity contribution in [3.8, 4) is 11.5 Å². The van der Waals surface area contributed by atoms with Crippen molar-refractivity contribution in [2.24, 2.45) is 5.73 Å². The number of nitrogens with two attached hydrogens (primary N) is 1. The molecule has 0 unspecified atom stereocenters. The van der Waals surface area contributed by atoms with Crippen LogP contribution in [0, 0.1) is 0 Å². The lowest BCUT2D eigenvalue weighted by molar-refractivity contribution is 0.0788. The topological polar surface area (TPSA) is 64.8 Å². The van der Waals surface area contributed by atoms with Gasteiger partial charge in [0.2, 0.25) is 0 Å². The van der Waals surface area contributed by atoms with Crippen molar-refractivity contribution in [1.29, 1.82) is 0 Å². The molecule has 0 spiro atoms. The average Bonchev–Trinajstić information content (AvgIpc) is 3.08. The molecule has 0 bridgehead atoms. The normalized spacial score (nSPS) is 19.2. The van der Waals surface area contributed by atoms with Crippen LogP contribution in [0.15, 0.2) is 61.2 Å². The molecule has 5 heteroatoms. The first kappa shape index (κ1) is 18.0. The Hall–Kier alpha value is -2.79. The molecule has 0 saturated carbocycles. The molecule has 1 aliphatic rings. The van der Waals surface area contributed by atoms with E-state index in [0.29, 0.717) is 36.8 Å². The molecule has 136 valence electrons. The van der Waals surface area contributed by atoms with Crippen molar-refractivity contribution in [3.63, 3.8) is 0 Å². The van der Waals surface area contributed by atoms with E-state index in [1.54, 1.807) is 36.3 Å². The fourth-order valence-electron chi connectivity index (χ4n) is 3.30. The Bertz CT molecular complexity index is 776. The third-order valence-electron chi connectivity index (χ3n) is 4.65. The number of ether oxygens (including phenoxy) is 2. The minimum Gasteiger partial charge on any atom is -0.493 e. The predicted octanol–water partition coefficient (Wildman–Crippen LogP) is 2.83. The molecule has 3 rings (SSSR count). The molecular formula is C21H24N2O3. The number of likely N-dealkylation sites (tertiary alicyclic amines) is 1. The molecule has 0 aliphatic carbocycles. The third kappa shape index (κ3) is 3.73. The van der Waals surface area contributed by atoms with Crippen LogP contribution in [0.2, 0.25) is 0 Å². The monoisotopic (exact) mass is 352 g/mol. The van der Waals surface area contributed by atoms with Gasteiger partial charge in [-0.3, -0.25) is 4.79 Å². The number of hydrogen-bond donors (Lipinski definition) is 1. The van der Waals surface area contributed by atoms with E-state index in [9.17, 15) is 4.79 Å². The lowest BCUT2D eigenvalue weighted by Gasteiger charge is -2.18. The number of amides is 1. The summed E-state index contributed by atoms with van der Waals surface area (Å²) in [5, 5.41) is 0. The lowest BCUT2D eigenvalue weighted by Crippen LogP contribution is -2.32. The lowest BCUT2D eigenvalue weighted by atomic mass is 9.95. The van der Waals surface area contributed by atoms with Gasteiger partial charge in [0, 0.05) is 30.6 Å². The first-order valence-electron chi connectivity index (χ1n) is 8.65. The summed E-state index contributed by atoms with van der Waals surface area (Å²) in [5.74, 6) is 1.22. The van der Waals surface area contributed by atoms with Crippen molar-refractivity contribution in [2.45, 2.75) is 12.0 Å². The van der Waals surface area contributed by atoms with Gasteiger partial charge < -0.3 is 20.1 Å². The SMILES string of the molecule is C=CCOc1ccc(C(=O)N2C[C@@H](N)[C@H](c3ccccc3)C2)cc1OC. The molecule has 2 atom stereocenters. The third-order valence-corrected chi connectivity index (χ3v) is 4.65. The first-order chi connectivity index (χ1) is 12.6. The van der Waals surface area contributed by atoms with Crippen LogP contribution in [-0.4, -0.2) is 43.7 Å². The van der Waals surface area contributed by atoms with Crippen LogP contribution in [0.5, 0.6) is 11.5 Å². The van der Waals surface area contributed by atoms with Gasteiger partial charge in [0.25, 0.3) is 5.91 Å². The minimum absolute atomic E-state index is 0.0487. The van der Waals surface area contributed by atoms with Crippen LogP contribution in [-0.2, 0) is 0 Å². The van der Waals surface area contributed by atoms with Crippen LogP contribution in [0.3, 0.4) is 0 Å². The summed E-state index contributed by atoms with van der Waals surface area (Å²) in [7, 11) is 1.56. The number of rotatable bonds is 6. The van der Waals surface area contributed by atoms with Gasteiger partial charge in [0.15, 0.2) is 11.5 Å². The number of benzene rings is 2. The number of carbonyl (C=O) groups is 1. The zero-order valence-corrected chi connectivity index (χ0v) is 14.9. The van der Waals surface area contributed by atoms with Gasteiger partial charge in [-0.1, -0.05) is 43.0 Å². The largest absolute Gasteiger partial charge is 0.493 e. The van der Waals surface area contributed by atoms with Crippen molar-refractivity contribution in [1.82, 2.24) is 4.90 Å². The Balaban J connectivity index is 1.76. The Morgan fingerprint density at radius 1 is 1.23 bits per heavy atom. The Labute approximate surface area is 154 Å². The Morgan fingerprint density at radius 3 is 2.69 bits per heavy atom. The van der Waals surface area contributed by atoms with Crippen molar-refractivity contribution >= 4 is 5.91 Å². The predicted molar refractivity (Wildman–Crippen MR) is 102 cm³/mol. The zero-order chi connectivity index (χ0) is 18.5. The number of methoxy groups -OCH3 is 1. The molecular weight excluding hydrogens is 328 g/mol. The Morgan fingerprint density at radius 2 is 2.00 bits per heavy atom. The summed E-state index contributed by atoms with van der Waals surface area (Å²) in [6.45, 7) is 5.16. The molecule has 5 nitrogen and oxygen atoms in total. The summed E-state index contributed by atoms with van der Waals surface area (Å²) < 4.78 is 10.9. The van der Waals surface area contributed by atoms with E-state index in [1.165, 1.54) is 5.56 Å². The van der Waals surface area contributed by atoms with E-state index in [-0.39, 0.29) is 17.9 Å². The van der Waals surface area contributed by atoms with Gasteiger partial charge in [0.05, 0.1) is 7.11 Å². The highest BCUT2D eigenvalue weighted by molar-refractivity contribution is 5.95. The highest BCUT2D eigenvalue weighted by Gasteiger charge is 2.34. The van der Waals surface area contributed by atoms with Gasteiger partial charge in [-0.05, 0) is 23.8 Å². The van der Waals surface area contributed by atoms with E-state index >= 15 is 0 Å². The van der Waals surface area contributed by atoms with E-state index < -0.39 is 0 Å². The van der Waals surface area contributed by atoms with Crippen molar-refractivity contribution in [2.75, 3.05) is 26.8 Å². The summed E-state index contributed by atoms with van der Waals surface area (Å²) in [4.78, 5) is 14.7. The van der Waals surface area contributed by atoms with E-state index in [2.05, 4.69) is 18.7 Å². The van der Waals surface area contributed by atoms with Gasteiger partial charge in [-0.25, -0.2) is 0 Å². The van der Waals surface area contributed by atoms with Crippen LogP contribution in [0.25, 0.3) is 0 Å².